The van der Waals surface area contributed by atoms with Gasteiger partial charge in [0.25, 0.3) is 5.91 Å². The molecule has 4 nitrogen and oxygen atoms in total. The van der Waals surface area contributed by atoms with Crippen LogP contribution < -0.4 is 5.32 Å². The molecule has 0 saturated carbocycles. The van der Waals surface area contributed by atoms with Crippen LogP contribution in [0.2, 0.25) is 5.22 Å². The molecule has 2 unspecified atom stereocenters. The smallest absolute Gasteiger partial charge is 0.256 e. The first-order valence-electron chi connectivity index (χ1n) is 6.53. The van der Waals surface area contributed by atoms with Crippen LogP contribution in [0, 0.1) is 0 Å². The molecule has 1 N–H and O–H groups in total. The van der Waals surface area contributed by atoms with Crippen molar-refractivity contribution in [3.8, 4) is 0 Å². The molecule has 0 bridgehead atoms. The van der Waals surface area contributed by atoms with E-state index in [2.05, 4.69) is 10.2 Å². The molecule has 0 aliphatic carbocycles. The van der Waals surface area contributed by atoms with E-state index in [-0.39, 0.29) is 17.2 Å². The Labute approximate surface area is 111 Å². The summed E-state index contributed by atoms with van der Waals surface area (Å²) in [6, 6.07) is 2.38. The second-order valence-electron chi connectivity index (χ2n) is 5.08. The summed E-state index contributed by atoms with van der Waals surface area (Å²) >= 11 is 5.82. The van der Waals surface area contributed by atoms with Gasteiger partial charge in [0.15, 0.2) is 0 Å². The Morgan fingerprint density at radius 1 is 1.39 bits per heavy atom. The molecule has 1 aromatic rings. The first-order valence-corrected chi connectivity index (χ1v) is 6.91. The number of piperidine rings is 1. The average molecular weight is 269 g/mol. The minimum atomic E-state index is -0.119. The first-order chi connectivity index (χ1) is 8.75. The second kappa shape index (κ2) is 4.94. The molecule has 0 aromatic carbocycles. The van der Waals surface area contributed by atoms with E-state index in [1.165, 1.54) is 32.1 Å². The topological polar surface area (TPSA) is 45.5 Å². The van der Waals surface area contributed by atoms with Crippen molar-refractivity contribution in [3.63, 3.8) is 0 Å². The third-order valence-corrected chi connectivity index (χ3v) is 4.33. The molecule has 2 aliphatic heterocycles. The number of nitrogens with zero attached hydrogens (tertiary/aromatic N) is 1. The SMILES string of the molecule is O=C(NC1CCN2CCCCC12)c1ccoc1Cl. The maximum absolute atomic E-state index is 12.1. The average Bonchev–Trinajstić information content (AvgIpc) is 2.97. The minimum absolute atomic E-state index is 0.119. The lowest BCUT2D eigenvalue weighted by molar-refractivity contribution is 0.0915. The molecule has 98 valence electrons. The van der Waals surface area contributed by atoms with Gasteiger partial charge in [-0.05, 0) is 43.5 Å². The fraction of sp³-hybridized carbons (Fsp3) is 0.615. The molecule has 5 heteroatoms. The van der Waals surface area contributed by atoms with Gasteiger partial charge in [-0.1, -0.05) is 6.42 Å². The van der Waals surface area contributed by atoms with Crippen molar-refractivity contribution in [1.82, 2.24) is 10.2 Å². The van der Waals surface area contributed by atoms with E-state index in [9.17, 15) is 4.79 Å². The number of furan rings is 1. The summed E-state index contributed by atoms with van der Waals surface area (Å²) in [5, 5.41) is 3.27. The van der Waals surface area contributed by atoms with Gasteiger partial charge in [-0.3, -0.25) is 9.69 Å². The molecular formula is C13H17ClN2O2. The van der Waals surface area contributed by atoms with Crippen molar-refractivity contribution in [2.24, 2.45) is 0 Å². The summed E-state index contributed by atoms with van der Waals surface area (Å²) in [7, 11) is 0. The lowest BCUT2D eigenvalue weighted by Crippen LogP contribution is -2.46. The maximum atomic E-state index is 12.1. The van der Waals surface area contributed by atoms with Crippen LogP contribution in [-0.2, 0) is 0 Å². The highest BCUT2D eigenvalue weighted by molar-refractivity contribution is 6.32. The van der Waals surface area contributed by atoms with Crippen LogP contribution in [0.3, 0.4) is 0 Å². The zero-order chi connectivity index (χ0) is 12.5. The van der Waals surface area contributed by atoms with Gasteiger partial charge in [0, 0.05) is 18.6 Å². The number of hydrogen-bond donors (Lipinski definition) is 1. The number of hydrogen-bond acceptors (Lipinski definition) is 3. The van der Waals surface area contributed by atoms with Gasteiger partial charge in [0.1, 0.15) is 0 Å². The zero-order valence-electron chi connectivity index (χ0n) is 10.2. The fourth-order valence-electron chi connectivity index (χ4n) is 3.12. The number of fused-ring (bicyclic) bond motifs is 1. The number of carbonyl (C=O) groups excluding carboxylic acids is 1. The molecule has 0 radical (unpaired) electrons. The molecule has 2 fully saturated rings. The molecule has 1 aromatic heterocycles. The highest BCUT2D eigenvalue weighted by Gasteiger charge is 2.36. The van der Waals surface area contributed by atoms with Crippen molar-refractivity contribution in [3.05, 3.63) is 23.1 Å². The number of nitrogens with one attached hydrogen (secondary N) is 1. The lowest BCUT2D eigenvalue weighted by atomic mass is 9.99. The molecule has 1 amide bonds. The second-order valence-corrected chi connectivity index (χ2v) is 5.42. The van der Waals surface area contributed by atoms with Gasteiger partial charge >= 0.3 is 0 Å². The molecule has 2 atom stereocenters. The third kappa shape index (κ3) is 2.15. The Morgan fingerprint density at radius 2 is 2.28 bits per heavy atom. The predicted octanol–water partition coefficient (Wildman–Crippen LogP) is 2.29. The van der Waals surface area contributed by atoms with Crippen LogP contribution in [0.4, 0.5) is 0 Å². The van der Waals surface area contributed by atoms with Gasteiger partial charge < -0.3 is 9.73 Å². The highest BCUT2D eigenvalue weighted by Crippen LogP contribution is 2.27. The van der Waals surface area contributed by atoms with Crippen LogP contribution in [-0.4, -0.2) is 36.0 Å². The summed E-state index contributed by atoms with van der Waals surface area (Å²) in [4.78, 5) is 14.6. The van der Waals surface area contributed by atoms with E-state index in [0.717, 1.165) is 13.0 Å². The van der Waals surface area contributed by atoms with E-state index in [1.807, 2.05) is 0 Å². The van der Waals surface area contributed by atoms with Crippen LogP contribution in [0.15, 0.2) is 16.7 Å². The third-order valence-electron chi connectivity index (χ3n) is 4.04. The van der Waals surface area contributed by atoms with E-state index in [0.29, 0.717) is 11.6 Å². The molecular weight excluding hydrogens is 252 g/mol. The zero-order valence-corrected chi connectivity index (χ0v) is 10.9. The minimum Gasteiger partial charge on any atom is -0.452 e. The normalized spacial score (nSPS) is 28.1. The summed E-state index contributed by atoms with van der Waals surface area (Å²) in [5.74, 6) is -0.119. The van der Waals surface area contributed by atoms with Gasteiger partial charge in [-0.25, -0.2) is 0 Å². The van der Waals surface area contributed by atoms with Crippen LogP contribution in [0.5, 0.6) is 0 Å². The lowest BCUT2D eigenvalue weighted by Gasteiger charge is -2.32. The number of carbonyl (C=O) groups is 1. The number of rotatable bonds is 2. The van der Waals surface area contributed by atoms with E-state index in [4.69, 9.17) is 16.0 Å². The van der Waals surface area contributed by atoms with Crippen molar-refractivity contribution >= 4 is 17.5 Å². The van der Waals surface area contributed by atoms with Crippen molar-refractivity contribution in [2.75, 3.05) is 13.1 Å². The number of halogens is 1. The molecule has 3 heterocycles. The monoisotopic (exact) mass is 268 g/mol. The fourth-order valence-corrected chi connectivity index (χ4v) is 3.32. The Morgan fingerprint density at radius 3 is 3.06 bits per heavy atom. The van der Waals surface area contributed by atoms with E-state index < -0.39 is 0 Å². The highest BCUT2D eigenvalue weighted by atomic mass is 35.5. The summed E-state index contributed by atoms with van der Waals surface area (Å²) in [6.07, 6.45) is 6.21. The van der Waals surface area contributed by atoms with Crippen LogP contribution in [0.25, 0.3) is 0 Å². The predicted molar refractivity (Wildman–Crippen MR) is 68.8 cm³/mol. The molecule has 18 heavy (non-hydrogen) atoms. The van der Waals surface area contributed by atoms with Gasteiger partial charge in [0.05, 0.1) is 11.8 Å². The maximum Gasteiger partial charge on any atom is 0.256 e. The number of amides is 1. The molecule has 2 aliphatic rings. The molecule has 0 spiro atoms. The van der Waals surface area contributed by atoms with Gasteiger partial charge in [-0.15, -0.1) is 0 Å². The van der Waals surface area contributed by atoms with Crippen molar-refractivity contribution in [2.45, 2.75) is 37.8 Å². The van der Waals surface area contributed by atoms with E-state index in [1.54, 1.807) is 6.07 Å². The Hall–Kier alpha value is -1.00. The van der Waals surface area contributed by atoms with Crippen LogP contribution >= 0.6 is 11.6 Å². The van der Waals surface area contributed by atoms with Crippen molar-refractivity contribution in [1.29, 1.82) is 0 Å². The summed E-state index contributed by atoms with van der Waals surface area (Å²) < 4.78 is 4.95. The van der Waals surface area contributed by atoms with E-state index >= 15 is 0 Å². The van der Waals surface area contributed by atoms with Gasteiger partial charge in [0.2, 0.25) is 5.22 Å². The standard InChI is InChI=1S/C13H17ClN2O2/c14-12-9(5-8-18-12)13(17)15-10-4-7-16-6-2-1-3-11(10)16/h5,8,10-11H,1-4,6-7H2,(H,15,17). The molecule has 3 rings (SSSR count). The Kier molecular flexibility index (Phi) is 3.31. The summed E-state index contributed by atoms with van der Waals surface area (Å²) in [5.41, 5.74) is 0.436. The van der Waals surface area contributed by atoms with Crippen molar-refractivity contribution < 1.29 is 9.21 Å². The first kappa shape index (κ1) is 12.1. The summed E-state index contributed by atoms with van der Waals surface area (Å²) in [6.45, 7) is 2.26. The quantitative estimate of drug-likeness (QED) is 0.895. The Bertz CT molecular complexity index is 446. The van der Waals surface area contributed by atoms with Crippen LogP contribution in [0.1, 0.15) is 36.0 Å². The Balaban J connectivity index is 1.66. The largest absolute Gasteiger partial charge is 0.452 e. The molecule has 2 saturated heterocycles. The van der Waals surface area contributed by atoms with Gasteiger partial charge in [-0.2, -0.15) is 0 Å².